The summed E-state index contributed by atoms with van der Waals surface area (Å²) >= 11 is 3.28. The van der Waals surface area contributed by atoms with Crippen LogP contribution in [0.3, 0.4) is 0 Å². The van der Waals surface area contributed by atoms with Crippen molar-refractivity contribution < 1.29 is 17.1 Å². The van der Waals surface area contributed by atoms with Crippen molar-refractivity contribution in [1.82, 2.24) is 9.77 Å². The molecule has 0 radical (unpaired) electrons. The van der Waals surface area contributed by atoms with E-state index in [9.17, 15) is 0 Å². The first kappa shape index (κ1) is 9.71. The van der Waals surface area contributed by atoms with Crippen LogP contribution in [0.2, 0.25) is 0 Å². The number of hydrogen-bond acceptors (Lipinski definition) is 2. The molecule has 0 bridgehead atoms. The summed E-state index contributed by atoms with van der Waals surface area (Å²) in [5.41, 5.74) is 0. The Bertz CT molecular complexity index is 192. The molecule has 10 heavy (non-hydrogen) atoms. The van der Waals surface area contributed by atoms with Crippen LogP contribution < -0.4 is 22.9 Å². The summed E-state index contributed by atoms with van der Waals surface area (Å²) < 4.78 is 3.20. The maximum absolute atomic E-state index is 5.46. The molecule has 0 saturated carbocycles. The van der Waals surface area contributed by atoms with E-state index in [2.05, 4.69) is 21.0 Å². The van der Waals surface area contributed by atoms with Gasteiger partial charge in [0.25, 0.3) is 0 Å². The first-order valence-corrected chi connectivity index (χ1v) is 3.61. The predicted molar refractivity (Wildman–Crippen MR) is 36.2 cm³/mol. The van der Waals surface area contributed by atoms with Crippen LogP contribution in [0.4, 0.5) is 0 Å². The summed E-state index contributed by atoms with van der Waals surface area (Å²) in [6.07, 6.45) is 1.57. The average Bonchev–Trinajstić information content (AvgIpc) is 2.12. The molecule has 0 atom stereocenters. The Hall–Kier alpha value is -0.290. The summed E-state index contributed by atoms with van der Waals surface area (Å²) in [6.45, 7) is 0. The Kier molecular flexibility index (Phi) is 3.67. The second kappa shape index (κ2) is 3.78. The van der Waals surface area contributed by atoms with Crippen molar-refractivity contribution in [1.29, 1.82) is 0 Å². The largest absolute Gasteiger partial charge is 1.00 e. The molecule has 0 aliphatic heterocycles. The minimum Gasteiger partial charge on any atom is -1.00 e. The third kappa shape index (κ3) is 1.60. The summed E-state index contributed by atoms with van der Waals surface area (Å²) in [4.78, 5) is 0. The molecule has 0 spiro atoms. The van der Waals surface area contributed by atoms with E-state index in [4.69, 9.17) is 5.84 Å². The molecule has 0 aliphatic rings. The zero-order valence-corrected chi connectivity index (χ0v) is 7.80. The number of alkyl halides is 1. The molecule has 1 rings (SSSR count). The van der Waals surface area contributed by atoms with Gasteiger partial charge in [-0.25, -0.2) is 0 Å². The van der Waals surface area contributed by atoms with Crippen molar-refractivity contribution in [2.75, 3.05) is 5.84 Å². The van der Waals surface area contributed by atoms with E-state index in [1.807, 2.05) is 7.05 Å². The third-order valence-corrected chi connectivity index (χ3v) is 1.64. The van der Waals surface area contributed by atoms with Crippen LogP contribution in [-0.2, 0) is 12.4 Å². The van der Waals surface area contributed by atoms with Crippen molar-refractivity contribution in [2.24, 2.45) is 7.05 Å². The zero-order valence-electron chi connectivity index (χ0n) is 5.46. The highest BCUT2D eigenvalue weighted by Crippen LogP contribution is 1.93. The second-order valence-corrected chi connectivity index (χ2v) is 2.27. The minimum absolute atomic E-state index is 0. The fraction of sp³-hybridized carbons (Fsp3) is 0.500. The Morgan fingerprint density at radius 3 is 2.70 bits per heavy atom. The Morgan fingerprint density at radius 2 is 2.50 bits per heavy atom. The lowest BCUT2D eigenvalue weighted by atomic mass is 10.7. The Morgan fingerprint density at radius 1 is 1.90 bits per heavy atom. The maximum Gasteiger partial charge on any atom is 0.312 e. The predicted octanol–water partition coefficient (Wildman–Crippen LogP) is -3.68. The molecule has 1 heterocycles. The average molecular weight is 227 g/mol. The molecule has 4 nitrogen and oxygen atoms in total. The van der Waals surface area contributed by atoms with Gasteiger partial charge < -0.3 is 12.4 Å². The molecule has 0 aliphatic carbocycles. The number of rotatable bonds is 1. The highest BCUT2D eigenvalue weighted by atomic mass is 79.9. The molecule has 0 fully saturated rings. The maximum atomic E-state index is 5.46. The highest BCUT2D eigenvalue weighted by molar-refractivity contribution is 9.08. The first-order chi connectivity index (χ1) is 4.25. The van der Waals surface area contributed by atoms with Crippen molar-refractivity contribution in [2.45, 2.75) is 5.33 Å². The van der Waals surface area contributed by atoms with Gasteiger partial charge in [0.2, 0.25) is 6.33 Å². The van der Waals surface area contributed by atoms with Crippen molar-refractivity contribution >= 4 is 15.9 Å². The molecule has 58 valence electrons. The zero-order chi connectivity index (χ0) is 6.85. The van der Waals surface area contributed by atoms with Crippen LogP contribution in [0.15, 0.2) is 6.33 Å². The summed E-state index contributed by atoms with van der Waals surface area (Å²) in [6, 6.07) is 0. The SMILES string of the molecule is C[n+]1ncn(N)c1CBr.[Cl-]. The van der Waals surface area contributed by atoms with Gasteiger partial charge in [-0.15, -0.1) is 9.36 Å². The van der Waals surface area contributed by atoms with Gasteiger partial charge in [-0.1, -0.05) is 15.9 Å². The number of nitrogens with zero attached hydrogens (tertiary/aromatic N) is 3. The van der Waals surface area contributed by atoms with Crippen molar-refractivity contribution in [3.05, 3.63) is 12.2 Å². The summed E-state index contributed by atoms with van der Waals surface area (Å²) in [5, 5.41) is 4.63. The molecular formula is C4H8BrClN4. The van der Waals surface area contributed by atoms with Crippen LogP contribution in [-0.4, -0.2) is 9.77 Å². The first-order valence-electron chi connectivity index (χ1n) is 2.49. The third-order valence-electron chi connectivity index (χ3n) is 1.14. The second-order valence-electron chi connectivity index (χ2n) is 1.71. The van der Waals surface area contributed by atoms with Gasteiger partial charge in [-0.3, -0.25) is 5.84 Å². The fourth-order valence-electron chi connectivity index (χ4n) is 0.589. The van der Waals surface area contributed by atoms with Gasteiger partial charge in [-0.05, 0) is 5.10 Å². The molecule has 1 aromatic rings. The monoisotopic (exact) mass is 226 g/mol. The number of halogens is 2. The van der Waals surface area contributed by atoms with E-state index in [0.29, 0.717) is 0 Å². The molecule has 1 aromatic heterocycles. The topological polar surface area (TPSA) is 47.7 Å². The van der Waals surface area contributed by atoms with Crippen LogP contribution in [0.25, 0.3) is 0 Å². The van der Waals surface area contributed by atoms with Crippen LogP contribution in [0, 0.1) is 0 Å². The molecule has 6 heteroatoms. The minimum atomic E-state index is 0. The van der Waals surface area contributed by atoms with Gasteiger partial charge in [-0.2, -0.15) is 0 Å². The van der Waals surface area contributed by atoms with Crippen molar-refractivity contribution in [3.8, 4) is 0 Å². The normalized spacial score (nSPS) is 9.00. The molecular weight excluding hydrogens is 219 g/mol. The van der Waals surface area contributed by atoms with Gasteiger partial charge in [0, 0.05) is 0 Å². The van der Waals surface area contributed by atoms with Crippen molar-refractivity contribution in [3.63, 3.8) is 0 Å². The van der Waals surface area contributed by atoms with Gasteiger partial charge in [0.1, 0.15) is 12.4 Å². The lowest BCUT2D eigenvalue weighted by Crippen LogP contribution is -3.00. The van der Waals surface area contributed by atoms with Crippen LogP contribution >= 0.6 is 15.9 Å². The Labute approximate surface area is 73.5 Å². The van der Waals surface area contributed by atoms with E-state index in [0.717, 1.165) is 11.2 Å². The molecule has 0 aromatic carbocycles. The van der Waals surface area contributed by atoms with Crippen LogP contribution in [0.1, 0.15) is 5.82 Å². The Balaban J connectivity index is 0.000000810. The number of nitrogen functional groups attached to an aromatic ring is 1. The van der Waals surface area contributed by atoms with Gasteiger partial charge in [0.05, 0.1) is 0 Å². The highest BCUT2D eigenvalue weighted by Gasteiger charge is 2.10. The van der Waals surface area contributed by atoms with E-state index in [1.165, 1.54) is 4.68 Å². The van der Waals surface area contributed by atoms with E-state index >= 15 is 0 Å². The van der Waals surface area contributed by atoms with E-state index in [1.54, 1.807) is 11.0 Å². The number of aromatic nitrogens is 3. The molecule has 2 N–H and O–H groups in total. The fourth-order valence-corrected chi connectivity index (χ4v) is 1.24. The summed E-state index contributed by atoms with van der Waals surface area (Å²) in [7, 11) is 1.85. The number of nitrogens with two attached hydrogens (primary N) is 1. The summed E-state index contributed by atoms with van der Waals surface area (Å²) in [5.74, 6) is 6.40. The van der Waals surface area contributed by atoms with Gasteiger partial charge in [0.15, 0.2) is 0 Å². The standard InChI is InChI=1S/C4H8BrN4.ClH/c1-8-4(2-5)9(6)3-7-8;/h3H,2,6H2,1H3;1H/q+1;/p-1. The molecule has 0 amide bonds. The number of hydrogen-bond donors (Lipinski definition) is 1. The lowest BCUT2D eigenvalue weighted by molar-refractivity contribution is -0.734. The molecule has 0 unspecified atom stereocenters. The van der Waals surface area contributed by atoms with Crippen LogP contribution in [0.5, 0.6) is 0 Å². The number of aryl methyl sites for hydroxylation is 1. The van der Waals surface area contributed by atoms with E-state index in [-0.39, 0.29) is 12.4 Å². The molecule has 0 saturated heterocycles. The van der Waals surface area contributed by atoms with Gasteiger partial charge >= 0.3 is 5.82 Å². The smallest absolute Gasteiger partial charge is 0.312 e. The quantitative estimate of drug-likeness (QED) is 0.305. The van der Waals surface area contributed by atoms with E-state index < -0.39 is 0 Å². The lowest BCUT2D eigenvalue weighted by Gasteiger charge is -1.85.